The summed E-state index contributed by atoms with van der Waals surface area (Å²) in [6.45, 7) is -2.12. The second kappa shape index (κ2) is 7.02. The first-order valence-corrected chi connectivity index (χ1v) is 7.22. The van der Waals surface area contributed by atoms with Gasteiger partial charge < -0.3 is 10.6 Å². The van der Waals surface area contributed by atoms with Gasteiger partial charge in [0.1, 0.15) is 5.82 Å². The number of nitrogens with one attached hydrogen (secondary N) is 2. The van der Waals surface area contributed by atoms with Crippen molar-refractivity contribution in [1.82, 2.24) is 34.8 Å². The number of aromatic nitrogens is 5. The highest BCUT2D eigenvalue weighted by Crippen LogP contribution is 2.11. The van der Waals surface area contributed by atoms with E-state index in [-0.39, 0.29) is 12.4 Å². The van der Waals surface area contributed by atoms with Gasteiger partial charge >= 0.3 is 6.55 Å². The average Bonchev–Trinajstić information content (AvgIpc) is 3.22. The lowest BCUT2D eigenvalue weighted by molar-refractivity contribution is 0.0668. The molecule has 0 aliphatic rings. The van der Waals surface area contributed by atoms with Gasteiger partial charge in [-0.1, -0.05) is 6.07 Å². The molecule has 0 atom stereocenters. The Bertz CT molecular complexity index is 838. The number of rotatable bonds is 5. The average molecular weight is 334 g/mol. The molecule has 126 valence electrons. The fourth-order valence-electron chi connectivity index (χ4n) is 2.22. The van der Waals surface area contributed by atoms with Gasteiger partial charge in [0.25, 0.3) is 0 Å². The maximum Gasteiger partial charge on any atom is 0.319 e. The molecular weight excluding hydrogens is 318 g/mol. The first-order valence-electron chi connectivity index (χ1n) is 7.22. The lowest BCUT2D eigenvalue weighted by Gasteiger charge is -2.12. The number of hydrogen-bond acceptors (Lipinski definition) is 4. The van der Waals surface area contributed by atoms with Gasteiger partial charge in [0.15, 0.2) is 17.4 Å². The van der Waals surface area contributed by atoms with Gasteiger partial charge in [-0.3, -0.25) is 14.0 Å². The van der Waals surface area contributed by atoms with Crippen LogP contribution in [0.5, 0.6) is 0 Å². The zero-order valence-electron chi connectivity index (χ0n) is 12.9. The number of fused-ring (bicyclic) bond motifs is 1. The molecule has 0 amide bonds. The SMILES string of the molecule is CN=C(NCc1nccn1C(F)F)NCc1nnc2ccccn12. The lowest BCUT2D eigenvalue weighted by Crippen LogP contribution is -2.37. The second-order valence-electron chi connectivity index (χ2n) is 4.85. The molecule has 0 fully saturated rings. The standard InChI is InChI=1S/C14H16F2N8/c1-17-14(19-8-11-18-5-7-24(11)13(15)16)20-9-12-22-21-10-4-2-3-6-23(10)12/h2-7,13H,8-9H2,1H3,(H2,17,19,20). The van der Waals surface area contributed by atoms with Crippen LogP contribution >= 0.6 is 0 Å². The quantitative estimate of drug-likeness (QED) is 0.541. The van der Waals surface area contributed by atoms with E-state index >= 15 is 0 Å². The molecule has 0 saturated heterocycles. The highest BCUT2D eigenvalue weighted by Gasteiger charge is 2.12. The van der Waals surface area contributed by atoms with Gasteiger partial charge in [0, 0.05) is 25.6 Å². The zero-order chi connectivity index (χ0) is 16.9. The first kappa shape index (κ1) is 15.8. The fraction of sp³-hybridized carbons (Fsp3) is 0.286. The molecule has 3 rings (SSSR count). The van der Waals surface area contributed by atoms with E-state index < -0.39 is 6.55 Å². The number of aliphatic imine (C=N–C) groups is 1. The van der Waals surface area contributed by atoms with E-state index in [4.69, 9.17) is 0 Å². The molecule has 0 radical (unpaired) electrons. The highest BCUT2D eigenvalue weighted by atomic mass is 19.3. The van der Waals surface area contributed by atoms with Crippen LogP contribution < -0.4 is 10.6 Å². The number of hydrogen-bond donors (Lipinski definition) is 2. The number of imidazole rings is 1. The summed E-state index contributed by atoms with van der Waals surface area (Å²) < 4.78 is 28.2. The molecule has 0 aromatic carbocycles. The normalized spacial score (nSPS) is 12.1. The molecule has 0 aliphatic heterocycles. The van der Waals surface area contributed by atoms with Crippen molar-refractivity contribution in [3.8, 4) is 0 Å². The molecule has 10 heteroatoms. The summed E-state index contributed by atoms with van der Waals surface area (Å²) in [6.07, 6.45) is 4.43. The van der Waals surface area contributed by atoms with Crippen LogP contribution in [0.1, 0.15) is 18.2 Å². The summed E-state index contributed by atoms with van der Waals surface area (Å²) in [5.41, 5.74) is 0.746. The Balaban J connectivity index is 1.60. The van der Waals surface area contributed by atoms with Crippen molar-refractivity contribution < 1.29 is 8.78 Å². The predicted octanol–water partition coefficient (Wildman–Crippen LogP) is 1.19. The Morgan fingerprint density at radius 3 is 2.71 bits per heavy atom. The molecule has 0 bridgehead atoms. The molecule has 3 aromatic heterocycles. The summed E-state index contributed by atoms with van der Waals surface area (Å²) in [5.74, 6) is 1.38. The van der Waals surface area contributed by atoms with Gasteiger partial charge in [-0.2, -0.15) is 8.78 Å². The third kappa shape index (κ3) is 3.31. The Labute approximate surface area is 136 Å². The summed E-state index contributed by atoms with van der Waals surface area (Å²) in [6, 6.07) is 5.62. The van der Waals surface area contributed by atoms with E-state index in [2.05, 4.69) is 30.8 Å². The van der Waals surface area contributed by atoms with Gasteiger partial charge in [-0.15, -0.1) is 10.2 Å². The van der Waals surface area contributed by atoms with E-state index in [9.17, 15) is 8.78 Å². The minimum absolute atomic E-state index is 0.123. The van der Waals surface area contributed by atoms with Crippen molar-refractivity contribution >= 4 is 11.6 Å². The monoisotopic (exact) mass is 334 g/mol. The van der Waals surface area contributed by atoms with E-state index in [0.717, 1.165) is 10.2 Å². The van der Waals surface area contributed by atoms with Crippen LogP contribution in [0.3, 0.4) is 0 Å². The van der Waals surface area contributed by atoms with E-state index in [0.29, 0.717) is 18.3 Å². The van der Waals surface area contributed by atoms with Crippen molar-refractivity contribution in [2.24, 2.45) is 4.99 Å². The summed E-state index contributed by atoms with van der Waals surface area (Å²) in [7, 11) is 1.59. The van der Waals surface area contributed by atoms with Crippen molar-refractivity contribution in [3.05, 3.63) is 48.4 Å². The predicted molar refractivity (Wildman–Crippen MR) is 83.5 cm³/mol. The van der Waals surface area contributed by atoms with Crippen molar-refractivity contribution in [2.75, 3.05) is 7.05 Å². The Morgan fingerprint density at radius 2 is 1.96 bits per heavy atom. The van der Waals surface area contributed by atoms with Gasteiger partial charge in [0.05, 0.1) is 13.1 Å². The molecule has 0 aliphatic carbocycles. The van der Waals surface area contributed by atoms with Crippen LogP contribution in [0.2, 0.25) is 0 Å². The third-order valence-electron chi connectivity index (χ3n) is 3.39. The molecule has 0 unspecified atom stereocenters. The minimum Gasteiger partial charge on any atom is -0.349 e. The Hall–Kier alpha value is -3.04. The summed E-state index contributed by atoms with van der Waals surface area (Å²) in [5, 5.41) is 14.2. The van der Waals surface area contributed by atoms with Crippen LogP contribution in [0, 0.1) is 0 Å². The van der Waals surface area contributed by atoms with E-state index in [1.54, 1.807) is 7.05 Å². The van der Waals surface area contributed by atoms with Gasteiger partial charge in [0.2, 0.25) is 0 Å². The van der Waals surface area contributed by atoms with Crippen LogP contribution in [0.25, 0.3) is 5.65 Å². The largest absolute Gasteiger partial charge is 0.349 e. The van der Waals surface area contributed by atoms with Crippen LogP contribution in [0.4, 0.5) is 8.78 Å². The molecule has 2 N–H and O–H groups in total. The Kier molecular flexibility index (Phi) is 4.64. The number of pyridine rings is 1. The number of halogens is 2. The van der Waals surface area contributed by atoms with Crippen LogP contribution in [-0.4, -0.2) is 37.2 Å². The third-order valence-corrected chi connectivity index (χ3v) is 3.39. The minimum atomic E-state index is -2.62. The molecule has 24 heavy (non-hydrogen) atoms. The maximum atomic E-state index is 12.8. The summed E-state index contributed by atoms with van der Waals surface area (Å²) >= 11 is 0. The molecule has 0 saturated carbocycles. The van der Waals surface area contributed by atoms with E-state index in [1.165, 1.54) is 12.4 Å². The molecular formula is C14H16F2N8. The van der Waals surface area contributed by atoms with Crippen molar-refractivity contribution in [3.63, 3.8) is 0 Å². The molecule has 3 aromatic rings. The van der Waals surface area contributed by atoms with Crippen molar-refractivity contribution in [2.45, 2.75) is 19.6 Å². The van der Waals surface area contributed by atoms with Crippen LogP contribution in [-0.2, 0) is 13.1 Å². The highest BCUT2D eigenvalue weighted by molar-refractivity contribution is 5.79. The van der Waals surface area contributed by atoms with E-state index in [1.807, 2.05) is 28.8 Å². The van der Waals surface area contributed by atoms with Gasteiger partial charge in [-0.05, 0) is 12.1 Å². The fourth-order valence-corrected chi connectivity index (χ4v) is 2.22. The smallest absolute Gasteiger partial charge is 0.319 e. The molecule has 8 nitrogen and oxygen atoms in total. The number of alkyl halides is 2. The first-order chi connectivity index (χ1) is 11.7. The van der Waals surface area contributed by atoms with Gasteiger partial charge in [-0.25, -0.2) is 4.98 Å². The zero-order valence-corrected chi connectivity index (χ0v) is 12.9. The Morgan fingerprint density at radius 1 is 1.17 bits per heavy atom. The molecule has 3 heterocycles. The summed E-state index contributed by atoms with van der Waals surface area (Å²) in [4.78, 5) is 7.96. The molecule has 0 spiro atoms. The number of nitrogens with zero attached hydrogens (tertiary/aromatic N) is 6. The lowest BCUT2D eigenvalue weighted by atomic mass is 10.4. The van der Waals surface area contributed by atoms with Crippen LogP contribution in [0.15, 0.2) is 41.8 Å². The topological polar surface area (TPSA) is 84.4 Å². The van der Waals surface area contributed by atoms with Crippen molar-refractivity contribution in [1.29, 1.82) is 0 Å². The number of guanidine groups is 1. The second-order valence-corrected chi connectivity index (χ2v) is 4.85. The maximum absolute atomic E-state index is 12.8.